The molecule has 0 radical (unpaired) electrons. The van der Waals surface area contributed by atoms with Crippen LogP contribution in [-0.4, -0.2) is 48.5 Å². The SMILES string of the molecule is CCSCC(CCC1CCCCC1)Cc1ccc(C(=O)NC(CCSC)C(=O)OC)c(-c2ccccc2C)c1. The van der Waals surface area contributed by atoms with Gasteiger partial charge < -0.3 is 10.1 Å². The summed E-state index contributed by atoms with van der Waals surface area (Å²) in [5.41, 5.74) is 5.01. The highest BCUT2D eigenvalue weighted by atomic mass is 32.2. The Balaban J connectivity index is 1.86. The molecule has 0 spiro atoms. The lowest BCUT2D eigenvalue weighted by atomic mass is 9.83. The lowest BCUT2D eigenvalue weighted by Gasteiger charge is -2.24. The van der Waals surface area contributed by atoms with Crippen molar-refractivity contribution in [3.63, 3.8) is 0 Å². The summed E-state index contributed by atoms with van der Waals surface area (Å²) in [4.78, 5) is 26.0. The molecule has 0 aliphatic heterocycles. The summed E-state index contributed by atoms with van der Waals surface area (Å²) < 4.78 is 4.98. The molecule has 1 saturated carbocycles. The molecule has 1 amide bonds. The Hall–Kier alpha value is -1.92. The Morgan fingerprint density at radius 3 is 2.51 bits per heavy atom. The van der Waals surface area contributed by atoms with Gasteiger partial charge in [-0.25, -0.2) is 4.79 Å². The summed E-state index contributed by atoms with van der Waals surface area (Å²) in [5.74, 6) is 3.99. The quantitative estimate of drug-likeness (QED) is 0.221. The fourth-order valence-electron chi connectivity index (χ4n) is 5.69. The molecule has 1 fully saturated rings. The number of hydrogen-bond donors (Lipinski definition) is 1. The number of esters is 1. The summed E-state index contributed by atoms with van der Waals surface area (Å²) in [6.07, 6.45) is 13.2. The van der Waals surface area contributed by atoms with Crippen LogP contribution in [0.1, 0.15) is 79.8 Å². The first-order valence-corrected chi connectivity index (χ1v) is 17.2. The smallest absolute Gasteiger partial charge is 0.328 e. The van der Waals surface area contributed by atoms with E-state index in [0.29, 0.717) is 17.9 Å². The van der Waals surface area contributed by atoms with Gasteiger partial charge in [-0.3, -0.25) is 4.79 Å². The van der Waals surface area contributed by atoms with E-state index in [9.17, 15) is 9.59 Å². The van der Waals surface area contributed by atoms with E-state index >= 15 is 0 Å². The lowest BCUT2D eigenvalue weighted by Crippen LogP contribution is -2.42. The molecule has 2 aromatic rings. The Morgan fingerprint density at radius 2 is 1.82 bits per heavy atom. The van der Waals surface area contributed by atoms with Crippen LogP contribution < -0.4 is 5.32 Å². The van der Waals surface area contributed by atoms with Gasteiger partial charge in [0.05, 0.1) is 7.11 Å². The highest BCUT2D eigenvalue weighted by molar-refractivity contribution is 7.99. The first-order chi connectivity index (χ1) is 19.0. The number of thioether (sulfide) groups is 2. The molecule has 1 aliphatic carbocycles. The third-order valence-corrected chi connectivity index (χ3v) is 9.71. The minimum absolute atomic E-state index is 0.230. The third-order valence-electron chi connectivity index (χ3n) is 7.96. The van der Waals surface area contributed by atoms with Crippen molar-refractivity contribution in [1.29, 1.82) is 0 Å². The summed E-state index contributed by atoms with van der Waals surface area (Å²) >= 11 is 3.69. The molecule has 2 atom stereocenters. The van der Waals surface area contributed by atoms with Gasteiger partial charge in [-0.05, 0) is 89.9 Å². The van der Waals surface area contributed by atoms with Gasteiger partial charge in [-0.2, -0.15) is 23.5 Å². The van der Waals surface area contributed by atoms with Crippen LogP contribution in [-0.2, 0) is 16.0 Å². The molecule has 1 N–H and O–H groups in total. The first-order valence-electron chi connectivity index (χ1n) is 14.6. The fraction of sp³-hybridized carbons (Fsp3) is 0.576. The van der Waals surface area contributed by atoms with E-state index in [1.165, 1.54) is 63.4 Å². The molecule has 39 heavy (non-hydrogen) atoms. The highest BCUT2D eigenvalue weighted by Gasteiger charge is 2.24. The van der Waals surface area contributed by atoms with Crippen molar-refractivity contribution in [1.82, 2.24) is 5.32 Å². The van der Waals surface area contributed by atoms with E-state index in [2.05, 4.69) is 43.4 Å². The normalized spacial score (nSPS) is 15.5. The predicted molar refractivity (Wildman–Crippen MR) is 169 cm³/mol. The van der Waals surface area contributed by atoms with Crippen molar-refractivity contribution in [2.24, 2.45) is 11.8 Å². The summed E-state index contributed by atoms with van der Waals surface area (Å²) in [6.45, 7) is 4.33. The number of carbonyl (C=O) groups excluding carboxylic acids is 2. The zero-order valence-corrected chi connectivity index (χ0v) is 25.9. The van der Waals surface area contributed by atoms with Gasteiger partial charge in [0.1, 0.15) is 6.04 Å². The molecule has 2 aromatic carbocycles. The number of nitrogens with one attached hydrogen (secondary N) is 1. The van der Waals surface area contributed by atoms with Gasteiger partial charge in [0.15, 0.2) is 0 Å². The topological polar surface area (TPSA) is 55.4 Å². The van der Waals surface area contributed by atoms with Crippen LogP contribution in [0.5, 0.6) is 0 Å². The van der Waals surface area contributed by atoms with E-state index < -0.39 is 12.0 Å². The lowest BCUT2D eigenvalue weighted by molar-refractivity contribution is -0.142. The second-order valence-corrected chi connectivity index (χ2v) is 13.1. The van der Waals surface area contributed by atoms with Crippen molar-refractivity contribution in [2.75, 3.05) is 30.6 Å². The van der Waals surface area contributed by atoms with Crippen LogP contribution in [0.15, 0.2) is 42.5 Å². The molecule has 0 aromatic heterocycles. The maximum Gasteiger partial charge on any atom is 0.328 e. The van der Waals surface area contributed by atoms with Gasteiger partial charge in [0.2, 0.25) is 0 Å². The van der Waals surface area contributed by atoms with Crippen molar-refractivity contribution in [2.45, 2.75) is 77.7 Å². The van der Waals surface area contributed by atoms with Crippen LogP contribution in [0.25, 0.3) is 11.1 Å². The van der Waals surface area contributed by atoms with E-state index in [1.54, 1.807) is 11.8 Å². The average Bonchev–Trinajstić information content (AvgIpc) is 2.96. The summed E-state index contributed by atoms with van der Waals surface area (Å²) in [5, 5.41) is 2.96. The number of benzene rings is 2. The number of carbonyl (C=O) groups is 2. The van der Waals surface area contributed by atoms with Gasteiger partial charge in [-0.1, -0.05) is 81.8 Å². The molecule has 0 heterocycles. The molecule has 0 saturated heterocycles. The summed E-state index contributed by atoms with van der Waals surface area (Å²) in [7, 11) is 1.37. The largest absolute Gasteiger partial charge is 0.467 e. The van der Waals surface area contributed by atoms with E-state index in [1.807, 2.05) is 36.2 Å². The maximum atomic E-state index is 13.6. The van der Waals surface area contributed by atoms with Gasteiger partial charge in [0, 0.05) is 5.56 Å². The number of ether oxygens (including phenoxy) is 1. The minimum atomic E-state index is -0.658. The van der Waals surface area contributed by atoms with Gasteiger partial charge >= 0.3 is 5.97 Å². The Bertz CT molecular complexity index is 1050. The standard InChI is InChI=1S/C33H47NO3S2/c1-5-39-23-27(16-15-25-12-7-6-8-13-25)21-26-17-18-29(30(22-26)28-14-10-9-11-24(28)2)32(35)34-31(19-20-38-4)33(36)37-3/h9-11,14,17-18,22,25,27,31H,5-8,12-13,15-16,19-21,23H2,1-4H3,(H,34,35). The number of methoxy groups -OCH3 is 1. The molecule has 3 rings (SSSR count). The number of rotatable bonds is 15. The second-order valence-electron chi connectivity index (χ2n) is 10.8. The number of hydrogen-bond acceptors (Lipinski definition) is 5. The van der Waals surface area contributed by atoms with Crippen molar-refractivity contribution in [3.8, 4) is 11.1 Å². The van der Waals surface area contributed by atoms with Crippen LogP contribution in [0, 0.1) is 18.8 Å². The molecular formula is C33H47NO3S2. The number of amides is 1. The zero-order chi connectivity index (χ0) is 28.0. The first kappa shape index (κ1) is 31.6. The second kappa shape index (κ2) is 17.0. The Labute approximate surface area is 244 Å². The van der Waals surface area contributed by atoms with E-state index in [4.69, 9.17) is 4.74 Å². The Kier molecular flexibility index (Phi) is 13.8. The van der Waals surface area contributed by atoms with Crippen LogP contribution in [0.4, 0.5) is 0 Å². The van der Waals surface area contributed by atoms with Gasteiger partial charge in [-0.15, -0.1) is 0 Å². The van der Waals surface area contributed by atoms with E-state index in [0.717, 1.165) is 40.5 Å². The van der Waals surface area contributed by atoms with Crippen molar-refractivity contribution >= 4 is 35.4 Å². The van der Waals surface area contributed by atoms with E-state index in [-0.39, 0.29) is 5.91 Å². The maximum absolute atomic E-state index is 13.6. The molecular weight excluding hydrogens is 523 g/mol. The predicted octanol–water partition coefficient (Wildman–Crippen LogP) is 7.96. The summed E-state index contributed by atoms with van der Waals surface area (Å²) in [6, 6.07) is 13.9. The zero-order valence-electron chi connectivity index (χ0n) is 24.3. The van der Waals surface area contributed by atoms with Crippen LogP contribution >= 0.6 is 23.5 Å². The molecule has 2 unspecified atom stereocenters. The van der Waals surface area contributed by atoms with Crippen molar-refractivity contribution < 1.29 is 14.3 Å². The molecule has 0 bridgehead atoms. The fourth-order valence-corrected chi connectivity index (χ4v) is 7.01. The molecule has 214 valence electrons. The third kappa shape index (κ3) is 9.89. The van der Waals surface area contributed by atoms with Gasteiger partial charge in [0.25, 0.3) is 5.91 Å². The molecule has 6 heteroatoms. The Morgan fingerprint density at radius 1 is 1.05 bits per heavy atom. The average molecular weight is 570 g/mol. The monoisotopic (exact) mass is 569 g/mol. The van der Waals surface area contributed by atoms with Crippen LogP contribution in [0.2, 0.25) is 0 Å². The highest BCUT2D eigenvalue weighted by Crippen LogP contribution is 2.32. The molecule has 1 aliphatic rings. The molecule has 4 nitrogen and oxygen atoms in total. The van der Waals surface area contributed by atoms with Crippen molar-refractivity contribution in [3.05, 3.63) is 59.2 Å². The minimum Gasteiger partial charge on any atom is -0.467 e. The van der Waals surface area contributed by atoms with Crippen LogP contribution in [0.3, 0.4) is 0 Å². The number of aryl methyl sites for hydroxylation is 1.